The van der Waals surface area contributed by atoms with Gasteiger partial charge in [-0.15, -0.1) is 0 Å². The van der Waals surface area contributed by atoms with Gasteiger partial charge in [-0.1, -0.05) is 0 Å². The number of hydrogen-bond acceptors (Lipinski definition) is 6. The molecule has 0 aromatic carbocycles. The Morgan fingerprint density at radius 3 is 0.825 bits per heavy atom. The maximum atomic E-state index is 2.61. The van der Waals surface area contributed by atoms with Crippen molar-refractivity contribution in [3.63, 3.8) is 0 Å². The van der Waals surface area contributed by atoms with Crippen molar-refractivity contribution in [1.29, 1.82) is 0 Å². The topological polar surface area (TPSA) is 0 Å². The first-order chi connectivity index (χ1) is 19.8. The SMILES string of the molecule is C1CC2C(CCC3SC4CCC5SC6CCC7SC8CCC9SC%10CCC%11SCCC%11C%10C9C8C7C6C5C4C32)S1. The third-order valence-electron chi connectivity index (χ3n) is 15.1. The lowest BCUT2D eigenvalue weighted by molar-refractivity contribution is 0.00830. The molecule has 0 aromatic rings. The van der Waals surface area contributed by atoms with Crippen molar-refractivity contribution >= 4 is 70.6 Å². The second kappa shape index (κ2) is 9.80. The van der Waals surface area contributed by atoms with Crippen LogP contribution in [0.25, 0.3) is 0 Å². The van der Waals surface area contributed by atoms with Gasteiger partial charge in [0.25, 0.3) is 0 Å². The Bertz CT molecular complexity index is 956. The molecule has 0 radical (unpaired) electrons. The van der Waals surface area contributed by atoms with Gasteiger partial charge in [0.1, 0.15) is 0 Å². The Hall–Kier alpha value is 2.10. The highest BCUT2D eigenvalue weighted by molar-refractivity contribution is 8.02. The molecule has 11 fully saturated rings. The fourth-order valence-corrected chi connectivity index (χ4v) is 25.8. The summed E-state index contributed by atoms with van der Waals surface area (Å²) in [6, 6.07) is 0. The molecule has 20 atom stereocenters. The molecule has 6 aliphatic heterocycles. The van der Waals surface area contributed by atoms with Gasteiger partial charge >= 0.3 is 0 Å². The Kier molecular flexibility index (Phi) is 6.42. The summed E-state index contributed by atoms with van der Waals surface area (Å²) in [4.78, 5) is 0. The van der Waals surface area contributed by atoms with Crippen molar-refractivity contribution in [2.45, 2.75) is 130 Å². The predicted octanol–water partition coefficient (Wildman–Crippen LogP) is 9.06. The number of hydrogen-bond donors (Lipinski definition) is 0. The quantitative estimate of drug-likeness (QED) is 0.255. The molecule has 0 N–H and O–H groups in total. The lowest BCUT2D eigenvalue weighted by Crippen LogP contribution is -2.52. The molecule has 0 aromatic heterocycles. The minimum Gasteiger partial charge on any atom is -0.158 e. The van der Waals surface area contributed by atoms with Gasteiger partial charge in [0.2, 0.25) is 0 Å². The molecule has 0 spiro atoms. The van der Waals surface area contributed by atoms with E-state index in [0.29, 0.717) is 0 Å². The van der Waals surface area contributed by atoms with Crippen LogP contribution in [0.1, 0.15) is 77.0 Å². The molecular formula is C34H48S6. The average Bonchev–Trinajstić information content (AvgIpc) is 3.80. The van der Waals surface area contributed by atoms with Crippen LogP contribution in [0.5, 0.6) is 0 Å². The summed E-state index contributed by atoms with van der Waals surface area (Å²) in [7, 11) is 0. The normalized spacial score (nSPS) is 66.0. The Morgan fingerprint density at radius 2 is 0.500 bits per heavy atom. The molecular weight excluding hydrogens is 601 g/mol. The van der Waals surface area contributed by atoms with E-state index in [4.69, 9.17) is 0 Å². The van der Waals surface area contributed by atoms with E-state index in [1.807, 2.05) is 0 Å². The smallest absolute Gasteiger partial charge is 0.00849 e. The maximum Gasteiger partial charge on any atom is 0.00849 e. The maximum absolute atomic E-state index is 2.61. The summed E-state index contributed by atoms with van der Waals surface area (Å²) >= 11 is 15.2. The molecule has 5 aliphatic carbocycles. The Labute approximate surface area is 268 Å². The molecule has 0 nitrogen and oxygen atoms in total. The first kappa shape index (κ1) is 26.2. The van der Waals surface area contributed by atoms with E-state index in [-0.39, 0.29) is 0 Å². The molecule has 11 aliphatic rings. The van der Waals surface area contributed by atoms with E-state index in [9.17, 15) is 0 Å². The second-order valence-electron chi connectivity index (χ2n) is 16.1. The Morgan fingerprint density at radius 1 is 0.250 bits per heavy atom. The van der Waals surface area contributed by atoms with E-state index in [2.05, 4.69) is 70.6 Å². The average molecular weight is 649 g/mol. The van der Waals surface area contributed by atoms with Gasteiger partial charge in [-0.25, -0.2) is 0 Å². The van der Waals surface area contributed by atoms with Crippen LogP contribution in [0.4, 0.5) is 0 Å². The van der Waals surface area contributed by atoms with Crippen LogP contribution in [-0.2, 0) is 0 Å². The fourth-order valence-electron chi connectivity index (χ4n) is 14.3. The first-order valence-electron chi connectivity index (χ1n) is 17.7. The van der Waals surface area contributed by atoms with Gasteiger partial charge < -0.3 is 0 Å². The van der Waals surface area contributed by atoms with E-state index in [1.54, 1.807) is 77.0 Å². The monoisotopic (exact) mass is 648 g/mol. The molecule has 6 saturated heterocycles. The third kappa shape index (κ3) is 3.57. The van der Waals surface area contributed by atoms with Crippen LogP contribution >= 0.6 is 70.6 Å². The molecule has 5 saturated carbocycles. The van der Waals surface area contributed by atoms with Crippen molar-refractivity contribution < 1.29 is 0 Å². The van der Waals surface area contributed by atoms with E-state index in [1.165, 1.54) is 11.5 Å². The molecule has 6 heteroatoms. The van der Waals surface area contributed by atoms with Crippen LogP contribution in [0.15, 0.2) is 0 Å². The van der Waals surface area contributed by atoms with Gasteiger partial charge in [0.15, 0.2) is 0 Å². The predicted molar refractivity (Wildman–Crippen MR) is 183 cm³/mol. The number of thioether (sulfide) groups is 6. The third-order valence-corrected chi connectivity index (χ3v) is 25.3. The highest BCUT2D eigenvalue weighted by atomic mass is 32.2. The van der Waals surface area contributed by atoms with Gasteiger partial charge in [-0.05, 0) is 148 Å². The highest BCUT2D eigenvalue weighted by Gasteiger charge is 2.68. The summed E-state index contributed by atoms with van der Waals surface area (Å²) in [5, 5.41) is 10.5. The molecule has 40 heavy (non-hydrogen) atoms. The van der Waals surface area contributed by atoms with Crippen LogP contribution in [0.3, 0.4) is 0 Å². The van der Waals surface area contributed by atoms with Gasteiger partial charge in [0, 0.05) is 52.5 Å². The lowest BCUT2D eigenvalue weighted by Gasteiger charge is -2.51. The van der Waals surface area contributed by atoms with Crippen LogP contribution < -0.4 is 0 Å². The molecule has 20 unspecified atom stereocenters. The second-order valence-corrected chi connectivity index (χ2v) is 24.7. The lowest BCUT2D eigenvalue weighted by atomic mass is 9.52. The zero-order valence-corrected chi connectivity index (χ0v) is 28.8. The largest absolute Gasteiger partial charge is 0.158 e. The van der Waals surface area contributed by atoms with Gasteiger partial charge in [-0.3, -0.25) is 0 Å². The summed E-state index contributed by atoms with van der Waals surface area (Å²) in [5.41, 5.74) is 0. The van der Waals surface area contributed by atoms with Crippen LogP contribution in [0.2, 0.25) is 0 Å². The molecule has 0 amide bonds. The number of rotatable bonds is 0. The van der Waals surface area contributed by atoms with Crippen molar-refractivity contribution in [3.05, 3.63) is 0 Å². The van der Waals surface area contributed by atoms with E-state index < -0.39 is 0 Å². The Balaban J connectivity index is 0.980. The zero-order valence-electron chi connectivity index (χ0n) is 23.9. The fraction of sp³-hybridized carbons (Fsp3) is 1.00. The zero-order chi connectivity index (χ0) is 25.7. The molecule has 11 rings (SSSR count). The highest BCUT2D eigenvalue weighted by Crippen LogP contribution is 2.73. The summed E-state index contributed by atoms with van der Waals surface area (Å²) in [6.07, 6.45) is 19.0. The van der Waals surface area contributed by atoms with Gasteiger partial charge in [0.05, 0.1) is 0 Å². The van der Waals surface area contributed by atoms with Crippen molar-refractivity contribution in [1.82, 2.24) is 0 Å². The summed E-state index contributed by atoms with van der Waals surface area (Å²) < 4.78 is 0. The van der Waals surface area contributed by atoms with E-state index in [0.717, 1.165) is 112 Å². The van der Waals surface area contributed by atoms with Crippen LogP contribution in [-0.4, -0.2) is 64.0 Å². The van der Waals surface area contributed by atoms with Crippen LogP contribution in [0, 0.1) is 59.2 Å². The van der Waals surface area contributed by atoms with Gasteiger partial charge in [-0.2, -0.15) is 70.6 Å². The standard InChI is InChI=1S/C34H48S6/c1-3-19-27(15-11-13-35-17(1)15)29-21(37-19)5-7-23-31(29)33-25(39-23)9-10-26-34(33)32-24(40-26)8-6-22-30(32)28-16-12-14-36-18(16)2-4-20(28)38-22/h15-34H,1-14H2. The summed E-state index contributed by atoms with van der Waals surface area (Å²) in [6.45, 7) is 0. The first-order valence-corrected chi connectivity index (χ1v) is 23.5. The van der Waals surface area contributed by atoms with Crippen molar-refractivity contribution in [2.24, 2.45) is 59.2 Å². The van der Waals surface area contributed by atoms with Crippen molar-refractivity contribution in [3.8, 4) is 0 Å². The minimum atomic E-state index is 1.04. The van der Waals surface area contributed by atoms with E-state index >= 15 is 0 Å². The molecule has 6 heterocycles. The minimum absolute atomic E-state index is 1.04. The van der Waals surface area contributed by atoms with Crippen molar-refractivity contribution in [2.75, 3.05) is 11.5 Å². The summed E-state index contributed by atoms with van der Waals surface area (Å²) in [5.74, 6) is 14.1. The molecule has 220 valence electrons. The molecule has 0 bridgehead atoms. The number of fused-ring (bicyclic) bond motifs is 19.